The third-order valence-electron chi connectivity index (χ3n) is 4.53. The Balaban J connectivity index is 1.75. The highest BCUT2D eigenvalue weighted by Gasteiger charge is 2.39. The number of anilines is 2. The normalized spacial score (nSPS) is 24.7. The number of halogens is 1. The third kappa shape index (κ3) is 4.77. The minimum Gasteiger partial charge on any atom is -0.419 e. The fraction of sp³-hybridized carbons (Fsp3) is 0.474. The summed E-state index contributed by atoms with van der Waals surface area (Å²) in [4.78, 5) is 24.0. The van der Waals surface area contributed by atoms with Crippen molar-refractivity contribution in [2.75, 3.05) is 10.6 Å². The molecule has 0 amide bonds. The molecule has 1 aromatic rings. The fourth-order valence-corrected chi connectivity index (χ4v) is 3.13. The average molecular weight is 378 g/mol. The molecule has 146 valence electrons. The van der Waals surface area contributed by atoms with Gasteiger partial charge < -0.3 is 25.2 Å². The van der Waals surface area contributed by atoms with E-state index in [0.29, 0.717) is 24.2 Å². The summed E-state index contributed by atoms with van der Waals surface area (Å²) < 4.78 is 23.7. The number of benzene rings is 1. The van der Waals surface area contributed by atoms with Gasteiger partial charge >= 0.3 is 11.9 Å². The molecule has 2 aliphatic rings. The molecule has 0 aromatic heterocycles. The second kappa shape index (κ2) is 7.56. The lowest BCUT2D eigenvalue weighted by Crippen LogP contribution is -2.42. The molecule has 0 atom stereocenters. The van der Waals surface area contributed by atoms with E-state index in [1.54, 1.807) is 6.07 Å². The largest absolute Gasteiger partial charge is 0.419 e. The number of aliphatic hydroxyl groups is 1. The van der Waals surface area contributed by atoms with Crippen molar-refractivity contribution in [1.29, 1.82) is 0 Å². The summed E-state index contributed by atoms with van der Waals surface area (Å²) in [5, 5.41) is 15.7. The molecule has 0 unspecified atom stereocenters. The van der Waals surface area contributed by atoms with Crippen LogP contribution in [0, 0.1) is 5.82 Å². The van der Waals surface area contributed by atoms with Gasteiger partial charge in [-0.15, -0.1) is 0 Å². The molecule has 1 saturated carbocycles. The number of carbonyl (C=O) groups excluding carboxylic acids is 2. The zero-order valence-electron chi connectivity index (χ0n) is 15.3. The van der Waals surface area contributed by atoms with E-state index in [0.717, 1.165) is 19.0 Å². The summed E-state index contributed by atoms with van der Waals surface area (Å²) in [6.07, 6.45) is 3.90. The van der Waals surface area contributed by atoms with Gasteiger partial charge in [-0.3, -0.25) is 0 Å². The Kier molecular flexibility index (Phi) is 5.36. The van der Waals surface area contributed by atoms with Crippen LogP contribution in [-0.4, -0.2) is 35.0 Å². The van der Waals surface area contributed by atoms with E-state index in [1.807, 2.05) is 0 Å². The Labute approximate surface area is 156 Å². The second-order valence-corrected chi connectivity index (χ2v) is 7.22. The van der Waals surface area contributed by atoms with Crippen LogP contribution < -0.4 is 10.6 Å². The highest BCUT2D eigenvalue weighted by molar-refractivity contribution is 6.15. The molecule has 1 aromatic carbocycles. The van der Waals surface area contributed by atoms with Crippen LogP contribution in [0.15, 0.2) is 30.0 Å². The number of carbonyl (C=O) groups is 2. The summed E-state index contributed by atoms with van der Waals surface area (Å²) in [6, 6.07) is 4.32. The maximum Gasteiger partial charge on any atom is 0.350 e. The van der Waals surface area contributed by atoms with E-state index in [1.165, 1.54) is 26.0 Å². The summed E-state index contributed by atoms with van der Waals surface area (Å²) in [5.41, 5.74) is 0.705. The number of nitrogens with one attached hydrogen (secondary N) is 2. The predicted octanol–water partition coefficient (Wildman–Crippen LogP) is 2.67. The van der Waals surface area contributed by atoms with Gasteiger partial charge in [-0.25, -0.2) is 14.0 Å². The summed E-state index contributed by atoms with van der Waals surface area (Å²) in [7, 11) is 0. The summed E-state index contributed by atoms with van der Waals surface area (Å²) >= 11 is 0. The molecule has 1 heterocycles. The number of esters is 2. The van der Waals surface area contributed by atoms with Gasteiger partial charge in [0.15, 0.2) is 5.57 Å². The standard InChI is InChI=1S/C19H23FN2O5/c1-19(2)26-17(24)14(18(25)27-19)10-21-16-9-11(20)3-8-15(16)22-12-4-6-13(23)7-5-12/h3,8-10,12-13,21-23H,4-7H2,1-2H3. The van der Waals surface area contributed by atoms with Gasteiger partial charge in [-0.1, -0.05) is 0 Å². The van der Waals surface area contributed by atoms with Crippen molar-refractivity contribution in [2.24, 2.45) is 0 Å². The van der Waals surface area contributed by atoms with Crippen molar-refractivity contribution in [1.82, 2.24) is 0 Å². The zero-order valence-corrected chi connectivity index (χ0v) is 15.3. The Morgan fingerprint density at radius 2 is 1.74 bits per heavy atom. The number of aliphatic hydroxyl groups excluding tert-OH is 1. The van der Waals surface area contributed by atoms with Crippen LogP contribution in [0.3, 0.4) is 0 Å². The summed E-state index contributed by atoms with van der Waals surface area (Å²) in [6.45, 7) is 2.92. The van der Waals surface area contributed by atoms with Crippen molar-refractivity contribution >= 4 is 23.3 Å². The molecule has 1 aliphatic heterocycles. The topological polar surface area (TPSA) is 96.9 Å². The van der Waals surface area contributed by atoms with Gasteiger partial charge in [0.1, 0.15) is 5.82 Å². The van der Waals surface area contributed by atoms with Crippen LogP contribution in [0.5, 0.6) is 0 Å². The van der Waals surface area contributed by atoms with E-state index in [-0.39, 0.29) is 17.7 Å². The van der Waals surface area contributed by atoms with Crippen LogP contribution >= 0.6 is 0 Å². The lowest BCUT2D eigenvalue weighted by Gasteiger charge is -2.30. The quantitative estimate of drug-likeness (QED) is 0.421. The SMILES string of the molecule is CC1(C)OC(=O)C(=CNc2cc(F)ccc2NC2CCC(O)CC2)C(=O)O1. The minimum atomic E-state index is -1.32. The number of hydrogen-bond donors (Lipinski definition) is 3. The molecular weight excluding hydrogens is 355 g/mol. The zero-order chi connectivity index (χ0) is 19.6. The van der Waals surface area contributed by atoms with Gasteiger partial charge in [0.2, 0.25) is 0 Å². The maximum absolute atomic E-state index is 13.7. The minimum absolute atomic E-state index is 0.150. The fourth-order valence-electron chi connectivity index (χ4n) is 3.13. The van der Waals surface area contributed by atoms with Crippen molar-refractivity contribution in [3.63, 3.8) is 0 Å². The van der Waals surface area contributed by atoms with Gasteiger partial charge in [-0.05, 0) is 43.9 Å². The molecule has 0 bridgehead atoms. The number of hydrogen-bond acceptors (Lipinski definition) is 7. The molecule has 3 N–H and O–H groups in total. The van der Waals surface area contributed by atoms with Crippen molar-refractivity contribution in [2.45, 2.75) is 57.5 Å². The first-order valence-corrected chi connectivity index (χ1v) is 8.91. The van der Waals surface area contributed by atoms with Gasteiger partial charge in [0, 0.05) is 26.1 Å². The number of ether oxygens (including phenoxy) is 2. The molecule has 2 fully saturated rings. The predicted molar refractivity (Wildman–Crippen MR) is 96.3 cm³/mol. The number of cyclic esters (lactones) is 2. The maximum atomic E-state index is 13.7. The Bertz CT molecular complexity index is 747. The molecule has 1 aliphatic carbocycles. The monoisotopic (exact) mass is 378 g/mol. The Morgan fingerprint density at radius 1 is 1.11 bits per heavy atom. The molecule has 7 nitrogen and oxygen atoms in total. The first-order valence-electron chi connectivity index (χ1n) is 8.91. The van der Waals surface area contributed by atoms with Gasteiger partial charge in [0.05, 0.1) is 17.5 Å². The molecule has 0 radical (unpaired) electrons. The smallest absolute Gasteiger partial charge is 0.350 e. The highest BCUT2D eigenvalue weighted by Crippen LogP contribution is 2.29. The molecule has 0 spiro atoms. The average Bonchev–Trinajstić information content (AvgIpc) is 2.57. The second-order valence-electron chi connectivity index (χ2n) is 7.22. The van der Waals surface area contributed by atoms with Crippen molar-refractivity contribution in [3.8, 4) is 0 Å². The van der Waals surface area contributed by atoms with Crippen molar-refractivity contribution < 1.29 is 28.6 Å². The van der Waals surface area contributed by atoms with Crippen molar-refractivity contribution in [3.05, 3.63) is 35.8 Å². The first kappa shape index (κ1) is 19.2. The Hall–Kier alpha value is -2.61. The lowest BCUT2D eigenvalue weighted by molar-refractivity contribution is -0.222. The van der Waals surface area contributed by atoms with E-state index >= 15 is 0 Å². The molecule has 3 rings (SSSR count). The van der Waals surface area contributed by atoms with E-state index in [4.69, 9.17) is 9.47 Å². The van der Waals surface area contributed by atoms with Crippen LogP contribution in [-0.2, 0) is 19.1 Å². The summed E-state index contributed by atoms with van der Waals surface area (Å²) in [5.74, 6) is -3.40. The van der Waals surface area contributed by atoms with E-state index < -0.39 is 23.5 Å². The van der Waals surface area contributed by atoms with Crippen LogP contribution in [0.2, 0.25) is 0 Å². The van der Waals surface area contributed by atoms with E-state index in [9.17, 15) is 19.1 Å². The first-order chi connectivity index (χ1) is 12.7. The van der Waals surface area contributed by atoms with Crippen LogP contribution in [0.4, 0.5) is 15.8 Å². The molecule has 8 heteroatoms. The lowest BCUT2D eigenvalue weighted by atomic mass is 9.93. The van der Waals surface area contributed by atoms with Gasteiger partial charge in [0.25, 0.3) is 5.79 Å². The highest BCUT2D eigenvalue weighted by atomic mass is 19.1. The van der Waals surface area contributed by atoms with Crippen LogP contribution in [0.1, 0.15) is 39.5 Å². The Morgan fingerprint density at radius 3 is 2.37 bits per heavy atom. The number of rotatable bonds is 4. The van der Waals surface area contributed by atoms with Gasteiger partial charge in [-0.2, -0.15) is 0 Å². The van der Waals surface area contributed by atoms with Crippen LogP contribution in [0.25, 0.3) is 0 Å². The molecule has 1 saturated heterocycles. The van der Waals surface area contributed by atoms with E-state index in [2.05, 4.69) is 10.6 Å². The molecular formula is C19H23FN2O5. The third-order valence-corrected chi connectivity index (χ3v) is 4.53. The molecule has 27 heavy (non-hydrogen) atoms.